The second-order valence-electron chi connectivity index (χ2n) is 13.8. The van der Waals surface area contributed by atoms with Gasteiger partial charge in [0.2, 0.25) is 0 Å². The lowest BCUT2D eigenvalue weighted by Crippen LogP contribution is -2.16. The Balaban J connectivity index is 1.17. The minimum absolute atomic E-state index is 0.176. The summed E-state index contributed by atoms with van der Waals surface area (Å²) in [6, 6.07) is 46.0. The molecule has 0 atom stereocenters. The molecule has 3 heteroatoms. The van der Waals surface area contributed by atoms with Crippen LogP contribution in [0.25, 0.3) is 27.8 Å². The van der Waals surface area contributed by atoms with Gasteiger partial charge >= 0.3 is 0 Å². The number of benzene rings is 6. The van der Waals surface area contributed by atoms with E-state index in [0.29, 0.717) is 0 Å². The fourth-order valence-electron chi connectivity index (χ4n) is 7.30. The number of fused-ring (bicyclic) bond motifs is 4. The van der Waals surface area contributed by atoms with Crippen molar-refractivity contribution in [3.63, 3.8) is 0 Å². The summed E-state index contributed by atoms with van der Waals surface area (Å²) in [6.07, 6.45) is 7.59. The van der Waals surface area contributed by atoms with Gasteiger partial charge in [-0.25, -0.2) is 0 Å². The average molecular weight is 649 g/mol. The number of aryl methyl sites for hydroxylation is 2. The zero-order chi connectivity index (χ0) is 34.4. The van der Waals surface area contributed by atoms with Crippen molar-refractivity contribution in [2.45, 2.75) is 33.1 Å². The van der Waals surface area contributed by atoms with Gasteiger partial charge in [-0.3, -0.25) is 0 Å². The standard InChI is InChI=1S/C47H40N2O/c1-31-16-21-36(22-17-31)49(37-23-18-34(19-24-37)40-14-10-13-39-32(2)11-8-9-28-50-46(39)40)38-25-27-42-41-26-20-35(48-45-15-7-6-12-33(45)3)29-43(41)47(4,5)44(42)30-38/h6-30,48H,2H2,1,3-5H3/b11-8-,28-9-. The van der Waals surface area contributed by atoms with E-state index in [9.17, 15) is 0 Å². The van der Waals surface area contributed by atoms with Crippen LogP contribution in [0.4, 0.5) is 28.4 Å². The third kappa shape index (κ3) is 5.51. The molecule has 0 amide bonds. The predicted octanol–water partition coefficient (Wildman–Crippen LogP) is 13.0. The van der Waals surface area contributed by atoms with Crippen molar-refractivity contribution < 1.29 is 4.74 Å². The molecule has 0 saturated heterocycles. The van der Waals surface area contributed by atoms with Crippen LogP contribution in [-0.4, -0.2) is 0 Å². The maximum Gasteiger partial charge on any atom is 0.142 e. The van der Waals surface area contributed by atoms with Crippen molar-refractivity contribution in [1.29, 1.82) is 0 Å². The van der Waals surface area contributed by atoms with Gasteiger partial charge in [-0.1, -0.05) is 111 Å². The Bertz CT molecular complexity index is 2320. The molecule has 0 radical (unpaired) electrons. The normalized spacial score (nSPS) is 15.1. The zero-order valence-corrected chi connectivity index (χ0v) is 29.0. The van der Waals surface area contributed by atoms with Crippen molar-refractivity contribution in [2.24, 2.45) is 0 Å². The van der Waals surface area contributed by atoms with E-state index in [1.807, 2.05) is 18.2 Å². The highest BCUT2D eigenvalue weighted by atomic mass is 16.5. The van der Waals surface area contributed by atoms with Crippen molar-refractivity contribution in [3.8, 4) is 28.0 Å². The maximum absolute atomic E-state index is 6.14. The van der Waals surface area contributed by atoms with Gasteiger partial charge in [0, 0.05) is 45.0 Å². The fraction of sp³-hybridized carbons (Fsp3) is 0.106. The Morgan fingerprint density at radius 2 is 1.28 bits per heavy atom. The third-order valence-electron chi connectivity index (χ3n) is 10.1. The first-order chi connectivity index (χ1) is 24.3. The molecule has 0 fully saturated rings. The zero-order valence-electron chi connectivity index (χ0n) is 29.0. The summed E-state index contributed by atoms with van der Waals surface area (Å²) in [4.78, 5) is 2.36. The topological polar surface area (TPSA) is 24.5 Å². The largest absolute Gasteiger partial charge is 0.464 e. The van der Waals surface area contributed by atoms with E-state index < -0.39 is 0 Å². The van der Waals surface area contributed by atoms with Crippen molar-refractivity contribution in [2.75, 3.05) is 10.2 Å². The lowest BCUT2D eigenvalue weighted by molar-refractivity contribution is 0.481. The predicted molar refractivity (Wildman–Crippen MR) is 211 cm³/mol. The summed E-state index contributed by atoms with van der Waals surface area (Å²) in [5.41, 5.74) is 17.1. The van der Waals surface area contributed by atoms with Gasteiger partial charge in [0.1, 0.15) is 5.75 Å². The van der Waals surface area contributed by atoms with Crippen LogP contribution in [0.3, 0.4) is 0 Å². The summed E-state index contributed by atoms with van der Waals surface area (Å²) >= 11 is 0. The van der Waals surface area contributed by atoms with Crippen LogP contribution < -0.4 is 15.0 Å². The van der Waals surface area contributed by atoms with Gasteiger partial charge in [-0.15, -0.1) is 0 Å². The molecule has 2 aliphatic rings. The lowest BCUT2D eigenvalue weighted by atomic mass is 9.82. The molecule has 1 aliphatic carbocycles. The molecule has 6 aromatic carbocycles. The molecule has 0 unspecified atom stereocenters. The van der Waals surface area contributed by atoms with Crippen molar-refractivity contribution in [3.05, 3.63) is 186 Å². The molecule has 1 N–H and O–H groups in total. The first kappa shape index (κ1) is 31.2. The number of para-hydroxylation sites is 2. The molecule has 0 aromatic heterocycles. The quantitative estimate of drug-likeness (QED) is 0.194. The minimum atomic E-state index is -0.176. The second-order valence-corrected chi connectivity index (χ2v) is 13.8. The van der Waals surface area contributed by atoms with Gasteiger partial charge in [-0.2, -0.15) is 0 Å². The molecule has 50 heavy (non-hydrogen) atoms. The number of hydrogen-bond donors (Lipinski definition) is 1. The van der Waals surface area contributed by atoms with Crippen LogP contribution in [0.2, 0.25) is 0 Å². The third-order valence-corrected chi connectivity index (χ3v) is 10.1. The second kappa shape index (κ2) is 12.4. The summed E-state index contributed by atoms with van der Waals surface area (Å²) in [7, 11) is 0. The highest BCUT2D eigenvalue weighted by Gasteiger charge is 2.36. The summed E-state index contributed by atoms with van der Waals surface area (Å²) in [6.45, 7) is 13.2. The van der Waals surface area contributed by atoms with Crippen LogP contribution in [0.1, 0.15) is 41.7 Å². The van der Waals surface area contributed by atoms with Gasteiger partial charge in [0.25, 0.3) is 0 Å². The molecule has 0 spiro atoms. The van der Waals surface area contributed by atoms with E-state index in [1.54, 1.807) is 6.26 Å². The smallest absolute Gasteiger partial charge is 0.142 e. The summed E-state index contributed by atoms with van der Waals surface area (Å²) in [5, 5.41) is 3.66. The Kier molecular flexibility index (Phi) is 7.76. The fourth-order valence-corrected chi connectivity index (χ4v) is 7.30. The van der Waals surface area contributed by atoms with Crippen LogP contribution in [0.15, 0.2) is 158 Å². The number of anilines is 5. The van der Waals surface area contributed by atoms with Crippen LogP contribution in [-0.2, 0) is 5.41 Å². The molecule has 1 aliphatic heterocycles. The Labute approximate surface area is 295 Å². The molecular formula is C47H40N2O. The number of hydrogen-bond acceptors (Lipinski definition) is 3. The highest BCUT2D eigenvalue weighted by molar-refractivity contribution is 5.88. The van der Waals surface area contributed by atoms with E-state index >= 15 is 0 Å². The van der Waals surface area contributed by atoms with Gasteiger partial charge in [-0.05, 0) is 113 Å². The highest BCUT2D eigenvalue weighted by Crippen LogP contribution is 2.51. The van der Waals surface area contributed by atoms with Gasteiger partial charge in [0.15, 0.2) is 0 Å². The van der Waals surface area contributed by atoms with Crippen LogP contribution in [0.5, 0.6) is 5.75 Å². The summed E-state index contributed by atoms with van der Waals surface area (Å²) < 4.78 is 6.14. The van der Waals surface area contributed by atoms with Crippen molar-refractivity contribution >= 4 is 34.0 Å². The molecule has 3 nitrogen and oxygen atoms in total. The summed E-state index contributed by atoms with van der Waals surface area (Å²) in [5.74, 6) is 0.818. The SMILES string of the molecule is C=C1/C=C\C=C/Oc2c1cccc2-c1ccc(N(c2ccc(C)cc2)c2ccc3c(c2)C(C)(C)c2cc(Nc4ccccc4C)ccc2-3)cc1. The molecule has 244 valence electrons. The lowest BCUT2D eigenvalue weighted by Gasteiger charge is -2.28. The Hall–Kier alpha value is -6.06. The maximum atomic E-state index is 6.14. The minimum Gasteiger partial charge on any atom is -0.464 e. The first-order valence-corrected chi connectivity index (χ1v) is 17.2. The number of allylic oxidation sites excluding steroid dienone is 4. The average Bonchev–Trinajstić information content (AvgIpc) is 3.34. The first-order valence-electron chi connectivity index (χ1n) is 17.2. The van der Waals surface area contributed by atoms with E-state index in [-0.39, 0.29) is 5.41 Å². The van der Waals surface area contributed by atoms with Gasteiger partial charge < -0.3 is 15.0 Å². The molecule has 0 bridgehead atoms. The Morgan fingerprint density at radius 3 is 2.04 bits per heavy atom. The van der Waals surface area contributed by atoms with Crippen LogP contribution >= 0.6 is 0 Å². The molecule has 0 saturated carbocycles. The Morgan fingerprint density at radius 1 is 0.620 bits per heavy atom. The molecule has 1 heterocycles. The van der Waals surface area contributed by atoms with E-state index in [4.69, 9.17) is 4.74 Å². The number of nitrogens with zero attached hydrogens (tertiary/aromatic N) is 1. The molecular weight excluding hydrogens is 609 g/mol. The molecule has 8 rings (SSSR count). The van der Waals surface area contributed by atoms with E-state index in [0.717, 1.165) is 56.4 Å². The monoisotopic (exact) mass is 648 g/mol. The van der Waals surface area contributed by atoms with E-state index in [1.165, 1.54) is 33.4 Å². The number of nitrogens with one attached hydrogen (secondary N) is 1. The van der Waals surface area contributed by atoms with Gasteiger partial charge in [0.05, 0.1) is 6.26 Å². The number of ether oxygens (including phenoxy) is 1. The van der Waals surface area contributed by atoms with E-state index in [2.05, 4.69) is 172 Å². The van der Waals surface area contributed by atoms with Crippen molar-refractivity contribution in [1.82, 2.24) is 0 Å². The van der Waals surface area contributed by atoms with Crippen LogP contribution in [0, 0.1) is 13.8 Å². The number of rotatable bonds is 6. The molecule has 6 aromatic rings.